The van der Waals surface area contributed by atoms with E-state index in [1.54, 1.807) is 0 Å². The van der Waals surface area contributed by atoms with Gasteiger partial charge < -0.3 is 5.11 Å². The lowest BCUT2D eigenvalue weighted by Gasteiger charge is -2.30. The summed E-state index contributed by atoms with van der Waals surface area (Å²) in [5.41, 5.74) is 2.56. The van der Waals surface area contributed by atoms with Gasteiger partial charge in [0.1, 0.15) is 6.04 Å². The summed E-state index contributed by atoms with van der Waals surface area (Å²) in [6, 6.07) is 8.48. The van der Waals surface area contributed by atoms with Crippen molar-refractivity contribution in [2.45, 2.75) is 52.6 Å². The first-order valence-electron chi connectivity index (χ1n) is 7.97. The predicted octanol–water partition coefficient (Wildman–Crippen LogP) is 3.74. The first-order valence-corrected chi connectivity index (χ1v) is 7.97. The molecule has 0 spiro atoms. The molecule has 0 saturated carbocycles. The van der Waals surface area contributed by atoms with E-state index in [0.717, 1.165) is 19.4 Å². The lowest BCUT2D eigenvalue weighted by molar-refractivity contribution is -0.144. The lowest BCUT2D eigenvalue weighted by atomic mass is 9.98. The third-order valence-corrected chi connectivity index (χ3v) is 4.60. The number of hydrogen-bond donors (Lipinski definition) is 1. The minimum atomic E-state index is -0.691. The van der Waals surface area contributed by atoms with Gasteiger partial charge in [-0.05, 0) is 49.3 Å². The number of carboxylic acid groups (broad SMARTS) is 1. The molecule has 1 aromatic rings. The number of hydrogen-bond acceptors (Lipinski definition) is 2. The summed E-state index contributed by atoms with van der Waals surface area (Å²) >= 11 is 0. The van der Waals surface area contributed by atoms with Gasteiger partial charge >= 0.3 is 5.97 Å². The standard InChI is InChI=1S/C18H27NO2/c1-12(2)11-15-5-7-16(8-6-15)14(4)19-10-9-13(3)17(19)18(20)21/h5-8,12-14,17H,9-11H2,1-4H3,(H,20,21). The van der Waals surface area contributed by atoms with Crippen molar-refractivity contribution in [1.29, 1.82) is 0 Å². The second-order valence-electron chi connectivity index (χ2n) is 6.80. The monoisotopic (exact) mass is 289 g/mol. The van der Waals surface area contributed by atoms with Crippen LogP contribution in [0.2, 0.25) is 0 Å². The second kappa shape index (κ2) is 6.61. The Morgan fingerprint density at radius 1 is 1.29 bits per heavy atom. The van der Waals surface area contributed by atoms with Gasteiger partial charge in [-0.15, -0.1) is 0 Å². The molecule has 1 aliphatic heterocycles. The van der Waals surface area contributed by atoms with Gasteiger partial charge in [0.05, 0.1) is 0 Å². The van der Waals surface area contributed by atoms with Crippen LogP contribution in [0.1, 0.15) is 51.3 Å². The quantitative estimate of drug-likeness (QED) is 0.897. The van der Waals surface area contributed by atoms with E-state index in [1.807, 2.05) is 6.92 Å². The van der Waals surface area contributed by atoms with Crippen molar-refractivity contribution in [2.24, 2.45) is 11.8 Å². The first-order chi connectivity index (χ1) is 9.90. The van der Waals surface area contributed by atoms with Gasteiger partial charge in [-0.25, -0.2) is 0 Å². The first kappa shape index (κ1) is 16.0. The van der Waals surface area contributed by atoms with Crippen molar-refractivity contribution < 1.29 is 9.90 Å². The maximum Gasteiger partial charge on any atom is 0.321 e. The molecule has 21 heavy (non-hydrogen) atoms. The minimum absolute atomic E-state index is 0.157. The number of likely N-dealkylation sites (tertiary alicyclic amines) is 1. The highest BCUT2D eigenvalue weighted by molar-refractivity contribution is 5.74. The Kier molecular flexibility index (Phi) is 5.04. The summed E-state index contributed by atoms with van der Waals surface area (Å²) in [5, 5.41) is 9.45. The van der Waals surface area contributed by atoms with E-state index in [1.165, 1.54) is 11.1 Å². The van der Waals surface area contributed by atoms with Crippen LogP contribution in [0, 0.1) is 11.8 Å². The maximum absolute atomic E-state index is 11.5. The molecule has 1 aliphatic rings. The molecule has 0 aromatic heterocycles. The topological polar surface area (TPSA) is 40.5 Å². The number of rotatable bonds is 5. The summed E-state index contributed by atoms with van der Waals surface area (Å²) in [6.07, 6.45) is 2.06. The van der Waals surface area contributed by atoms with E-state index < -0.39 is 5.97 Å². The van der Waals surface area contributed by atoms with E-state index in [9.17, 15) is 9.90 Å². The van der Waals surface area contributed by atoms with Gasteiger partial charge in [0.25, 0.3) is 0 Å². The summed E-state index contributed by atoms with van der Waals surface area (Å²) in [7, 11) is 0. The van der Waals surface area contributed by atoms with Gasteiger partial charge in [-0.1, -0.05) is 45.0 Å². The van der Waals surface area contributed by atoms with Crippen LogP contribution in [0.5, 0.6) is 0 Å². The molecule has 3 atom stereocenters. The van der Waals surface area contributed by atoms with Gasteiger partial charge in [0.15, 0.2) is 0 Å². The van der Waals surface area contributed by atoms with Crippen LogP contribution in [0.4, 0.5) is 0 Å². The SMILES string of the molecule is CC(C)Cc1ccc(C(C)N2CCC(C)C2C(=O)O)cc1. The Morgan fingerprint density at radius 2 is 1.90 bits per heavy atom. The Labute approximate surface area is 128 Å². The Bertz CT molecular complexity index is 480. The molecule has 3 nitrogen and oxygen atoms in total. The molecule has 1 heterocycles. The van der Waals surface area contributed by atoms with Crippen LogP contribution in [-0.4, -0.2) is 28.6 Å². The average molecular weight is 289 g/mol. The zero-order valence-electron chi connectivity index (χ0n) is 13.5. The molecule has 0 aliphatic carbocycles. The highest BCUT2D eigenvalue weighted by Gasteiger charge is 2.39. The van der Waals surface area contributed by atoms with Gasteiger partial charge in [-0.2, -0.15) is 0 Å². The smallest absolute Gasteiger partial charge is 0.321 e. The summed E-state index contributed by atoms with van der Waals surface area (Å²) in [6.45, 7) is 9.47. The molecule has 116 valence electrons. The summed E-state index contributed by atoms with van der Waals surface area (Å²) in [5.74, 6) is 0.192. The maximum atomic E-state index is 11.5. The highest BCUT2D eigenvalue weighted by Crippen LogP contribution is 2.32. The lowest BCUT2D eigenvalue weighted by Crippen LogP contribution is -2.40. The predicted molar refractivity (Wildman–Crippen MR) is 85.3 cm³/mol. The zero-order chi connectivity index (χ0) is 15.6. The van der Waals surface area contributed by atoms with E-state index in [4.69, 9.17) is 0 Å². The molecule has 0 bridgehead atoms. The van der Waals surface area contributed by atoms with Crippen molar-refractivity contribution in [3.05, 3.63) is 35.4 Å². The molecule has 0 radical (unpaired) electrons. The molecular weight excluding hydrogens is 262 g/mol. The fraction of sp³-hybridized carbons (Fsp3) is 0.611. The molecule has 3 unspecified atom stereocenters. The Hall–Kier alpha value is -1.35. The Balaban J connectivity index is 2.12. The number of carbonyl (C=O) groups is 1. The Morgan fingerprint density at radius 3 is 2.43 bits per heavy atom. The van der Waals surface area contributed by atoms with Crippen molar-refractivity contribution in [2.75, 3.05) is 6.54 Å². The van der Waals surface area contributed by atoms with E-state index in [2.05, 4.69) is 49.9 Å². The van der Waals surface area contributed by atoms with E-state index in [0.29, 0.717) is 5.92 Å². The zero-order valence-corrected chi connectivity index (χ0v) is 13.5. The molecule has 1 saturated heterocycles. The van der Waals surface area contributed by atoms with Crippen LogP contribution in [-0.2, 0) is 11.2 Å². The van der Waals surface area contributed by atoms with Crippen LogP contribution >= 0.6 is 0 Å². The molecule has 3 heteroatoms. The number of carboxylic acids is 1. The normalized spacial score (nSPS) is 24.4. The highest BCUT2D eigenvalue weighted by atomic mass is 16.4. The van der Waals surface area contributed by atoms with Crippen LogP contribution in [0.3, 0.4) is 0 Å². The molecule has 1 N–H and O–H groups in total. The van der Waals surface area contributed by atoms with Crippen molar-refractivity contribution in [1.82, 2.24) is 4.90 Å². The fourth-order valence-corrected chi connectivity index (χ4v) is 3.39. The average Bonchev–Trinajstić information content (AvgIpc) is 2.80. The molecule has 1 aromatic carbocycles. The largest absolute Gasteiger partial charge is 0.480 e. The molecule has 0 amide bonds. The van der Waals surface area contributed by atoms with Gasteiger partial charge in [0, 0.05) is 6.04 Å². The number of benzene rings is 1. The van der Waals surface area contributed by atoms with Crippen LogP contribution in [0.25, 0.3) is 0 Å². The minimum Gasteiger partial charge on any atom is -0.480 e. The van der Waals surface area contributed by atoms with Crippen LogP contribution < -0.4 is 0 Å². The van der Waals surface area contributed by atoms with E-state index in [-0.39, 0.29) is 18.0 Å². The second-order valence-corrected chi connectivity index (χ2v) is 6.80. The summed E-state index contributed by atoms with van der Waals surface area (Å²) < 4.78 is 0. The third-order valence-electron chi connectivity index (χ3n) is 4.60. The molecule has 1 fully saturated rings. The molecule has 2 rings (SSSR count). The van der Waals surface area contributed by atoms with Crippen LogP contribution in [0.15, 0.2) is 24.3 Å². The van der Waals surface area contributed by atoms with Gasteiger partial charge in [0.2, 0.25) is 0 Å². The third kappa shape index (κ3) is 3.65. The van der Waals surface area contributed by atoms with Crippen molar-refractivity contribution >= 4 is 5.97 Å². The van der Waals surface area contributed by atoms with E-state index >= 15 is 0 Å². The molecular formula is C18H27NO2. The number of nitrogens with zero attached hydrogens (tertiary/aromatic N) is 1. The summed E-state index contributed by atoms with van der Waals surface area (Å²) in [4.78, 5) is 13.6. The van der Waals surface area contributed by atoms with Crippen molar-refractivity contribution in [3.63, 3.8) is 0 Å². The van der Waals surface area contributed by atoms with Gasteiger partial charge in [-0.3, -0.25) is 9.69 Å². The fourth-order valence-electron chi connectivity index (χ4n) is 3.39. The van der Waals surface area contributed by atoms with Crippen molar-refractivity contribution in [3.8, 4) is 0 Å². The number of aliphatic carboxylic acids is 1.